The summed E-state index contributed by atoms with van der Waals surface area (Å²) in [7, 11) is 0. The van der Waals surface area contributed by atoms with Gasteiger partial charge in [-0.15, -0.1) is 0 Å². The van der Waals surface area contributed by atoms with Gasteiger partial charge in [-0.25, -0.2) is 15.0 Å². The van der Waals surface area contributed by atoms with Crippen LogP contribution in [0.5, 0.6) is 0 Å². The lowest BCUT2D eigenvalue weighted by Gasteiger charge is -2.41. The van der Waals surface area contributed by atoms with Crippen LogP contribution in [0, 0.1) is 5.41 Å². The number of hydrogen-bond donors (Lipinski definition) is 3. The highest BCUT2D eigenvalue weighted by molar-refractivity contribution is 7.99. The standard InChI is InChI=1S/C22H22ClN9S/c23-16-14(3-7-27-18(16)25)33-15-11-28-19-20(29-15)31-21(30-19)32-8-4-22(5-9-32)10-13-12(17(22)24)2-1-6-26-13/h1-3,6-7,11,17H,4-5,8-10,24H2,(H2,25,27)(H,28,29,30,31)/t17-/m1/s1. The summed E-state index contributed by atoms with van der Waals surface area (Å²) in [5.41, 5.74) is 16.1. The topological polar surface area (TPSA) is 136 Å². The molecule has 0 bridgehead atoms. The lowest BCUT2D eigenvalue weighted by atomic mass is 9.73. The number of nitrogen functional groups attached to an aromatic ring is 1. The van der Waals surface area contributed by atoms with Crippen molar-refractivity contribution in [3.8, 4) is 0 Å². The first-order valence-corrected chi connectivity index (χ1v) is 12.0. The number of nitrogens with two attached hydrogens (primary N) is 2. The fraction of sp³-hybridized carbons (Fsp3) is 0.318. The molecule has 33 heavy (non-hydrogen) atoms. The molecule has 1 spiro atoms. The van der Waals surface area contributed by atoms with Gasteiger partial charge < -0.3 is 21.4 Å². The SMILES string of the molecule is Nc1nccc(Sc2cnc3[nH]c(N4CCC5(CC4)Cc4ncccc4[C@H]5N)nc3n2)c1Cl. The molecule has 1 fully saturated rings. The van der Waals surface area contributed by atoms with E-state index in [-0.39, 0.29) is 11.5 Å². The van der Waals surface area contributed by atoms with Crippen LogP contribution in [0.3, 0.4) is 0 Å². The summed E-state index contributed by atoms with van der Waals surface area (Å²) in [6.07, 6.45) is 8.12. The van der Waals surface area contributed by atoms with Gasteiger partial charge >= 0.3 is 0 Å². The minimum absolute atomic E-state index is 0.0380. The minimum atomic E-state index is 0.0380. The van der Waals surface area contributed by atoms with Crippen molar-refractivity contribution in [2.24, 2.45) is 11.1 Å². The van der Waals surface area contributed by atoms with Crippen molar-refractivity contribution in [2.75, 3.05) is 23.7 Å². The van der Waals surface area contributed by atoms with E-state index in [2.05, 4.69) is 35.9 Å². The van der Waals surface area contributed by atoms with Gasteiger partial charge in [-0.3, -0.25) is 4.98 Å². The number of H-pyrrole nitrogens is 1. The Kier molecular flexibility index (Phi) is 4.89. The van der Waals surface area contributed by atoms with Crippen molar-refractivity contribution in [2.45, 2.75) is 35.2 Å². The third-order valence-corrected chi connectivity index (χ3v) is 8.24. The van der Waals surface area contributed by atoms with Crippen LogP contribution in [0.15, 0.2) is 46.7 Å². The number of halogens is 1. The second-order valence-electron chi connectivity index (χ2n) is 8.59. The zero-order valence-corrected chi connectivity index (χ0v) is 19.3. The molecular weight excluding hydrogens is 458 g/mol. The number of aromatic amines is 1. The molecule has 4 aromatic rings. The summed E-state index contributed by atoms with van der Waals surface area (Å²) < 4.78 is 0. The number of nitrogens with zero attached hydrogens (tertiary/aromatic N) is 6. The van der Waals surface area contributed by atoms with Gasteiger partial charge in [-0.1, -0.05) is 29.4 Å². The summed E-state index contributed by atoms with van der Waals surface area (Å²) >= 11 is 7.64. The van der Waals surface area contributed by atoms with Gasteiger partial charge in [0.25, 0.3) is 0 Å². The lowest BCUT2D eigenvalue weighted by molar-refractivity contribution is 0.186. The van der Waals surface area contributed by atoms with E-state index >= 15 is 0 Å². The number of rotatable bonds is 3. The summed E-state index contributed by atoms with van der Waals surface area (Å²) in [5.74, 6) is 1.08. The van der Waals surface area contributed by atoms with Crippen molar-refractivity contribution in [1.29, 1.82) is 0 Å². The molecule has 0 saturated carbocycles. The number of imidazole rings is 1. The van der Waals surface area contributed by atoms with Crippen LogP contribution in [0.25, 0.3) is 11.3 Å². The summed E-state index contributed by atoms with van der Waals surface area (Å²) in [4.78, 5) is 28.8. The van der Waals surface area contributed by atoms with Crippen molar-refractivity contribution in [3.63, 3.8) is 0 Å². The van der Waals surface area contributed by atoms with Crippen LogP contribution in [0.1, 0.15) is 30.1 Å². The smallest absolute Gasteiger partial charge is 0.206 e. The molecule has 0 unspecified atom stereocenters. The average Bonchev–Trinajstić information content (AvgIpc) is 3.37. The first-order valence-electron chi connectivity index (χ1n) is 10.8. The molecule has 0 amide bonds. The number of anilines is 2. The minimum Gasteiger partial charge on any atom is -0.382 e. The third-order valence-electron chi connectivity index (χ3n) is 6.77. The Bertz CT molecular complexity index is 1350. The maximum Gasteiger partial charge on any atom is 0.206 e. The van der Waals surface area contributed by atoms with E-state index in [1.165, 1.54) is 17.3 Å². The van der Waals surface area contributed by atoms with Crippen LogP contribution >= 0.6 is 23.4 Å². The molecule has 11 heteroatoms. The van der Waals surface area contributed by atoms with E-state index in [1.54, 1.807) is 18.5 Å². The number of pyridine rings is 2. The number of hydrogen-bond acceptors (Lipinski definition) is 9. The van der Waals surface area contributed by atoms with Gasteiger partial charge in [-0.2, -0.15) is 4.98 Å². The van der Waals surface area contributed by atoms with Gasteiger partial charge in [0.05, 0.1) is 11.2 Å². The third kappa shape index (κ3) is 3.49. The van der Waals surface area contributed by atoms with Crippen molar-refractivity contribution < 1.29 is 0 Å². The number of nitrogens with one attached hydrogen (secondary N) is 1. The number of fused-ring (bicyclic) bond motifs is 2. The summed E-state index contributed by atoms with van der Waals surface area (Å²) in [6.45, 7) is 1.74. The number of aromatic nitrogens is 6. The molecule has 1 aliphatic carbocycles. The first kappa shape index (κ1) is 20.6. The van der Waals surface area contributed by atoms with Crippen LogP contribution in [-0.2, 0) is 6.42 Å². The van der Waals surface area contributed by atoms with Gasteiger partial charge in [0.2, 0.25) is 5.95 Å². The van der Waals surface area contributed by atoms with Crippen molar-refractivity contribution in [3.05, 3.63) is 53.1 Å². The van der Waals surface area contributed by atoms with Crippen LogP contribution in [0.2, 0.25) is 5.02 Å². The molecule has 6 rings (SSSR count). The van der Waals surface area contributed by atoms with Gasteiger partial charge in [0.15, 0.2) is 11.3 Å². The first-order chi connectivity index (χ1) is 16.0. The Balaban J connectivity index is 1.19. The molecule has 0 radical (unpaired) electrons. The predicted octanol–water partition coefficient (Wildman–Crippen LogP) is 3.37. The molecule has 5 N–H and O–H groups in total. The number of piperidine rings is 1. The Morgan fingerprint density at radius 3 is 2.79 bits per heavy atom. The average molecular weight is 480 g/mol. The van der Waals surface area contributed by atoms with E-state index in [1.807, 2.05) is 12.3 Å². The zero-order valence-electron chi connectivity index (χ0n) is 17.7. The summed E-state index contributed by atoms with van der Waals surface area (Å²) in [5, 5.41) is 1.10. The predicted molar refractivity (Wildman–Crippen MR) is 128 cm³/mol. The highest BCUT2D eigenvalue weighted by atomic mass is 35.5. The maximum atomic E-state index is 6.68. The molecule has 4 aromatic heterocycles. The van der Waals surface area contributed by atoms with Gasteiger partial charge in [0.1, 0.15) is 10.8 Å². The van der Waals surface area contributed by atoms with E-state index in [9.17, 15) is 0 Å². The maximum absolute atomic E-state index is 6.68. The van der Waals surface area contributed by atoms with E-state index in [0.29, 0.717) is 27.2 Å². The molecule has 2 aliphatic rings. The van der Waals surface area contributed by atoms with Gasteiger partial charge in [0, 0.05) is 42.1 Å². The Hall–Kier alpha value is -2.95. The highest BCUT2D eigenvalue weighted by Gasteiger charge is 2.46. The molecule has 5 heterocycles. The zero-order chi connectivity index (χ0) is 22.6. The van der Waals surface area contributed by atoms with Crippen molar-refractivity contribution >= 4 is 46.4 Å². The van der Waals surface area contributed by atoms with Crippen LogP contribution in [0.4, 0.5) is 11.8 Å². The van der Waals surface area contributed by atoms with Gasteiger partial charge in [-0.05, 0) is 42.4 Å². The molecule has 168 valence electrons. The second kappa shape index (κ2) is 7.82. The molecule has 9 nitrogen and oxygen atoms in total. The summed E-state index contributed by atoms with van der Waals surface area (Å²) in [6, 6.07) is 5.94. The van der Waals surface area contributed by atoms with Crippen molar-refractivity contribution in [1.82, 2.24) is 29.9 Å². The Morgan fingerprint density at radius 2 is 1.97 bits per heavy atom. The Morgan fingerprint density at radius 1 is 1.12 bits per heavy atom. The molecular formula is C22H22ClN9S. The van der Waals surface area contributed by atoms with E-state index in [4.69, 9.17) is 28.1 Å². The van der Waals surface area contributed by atoms with Crippen LogP contribution < -0.4 is 16.4 Å². The lowest BCUT2D eigenvalue weighted by Crippen LogP contribution is -2.44. The highest BCUT2D eigenvalue weighted by Crippen LogP contribution is 2.50. The van der Waals surface area contributed by atoms with Crippen LogP contribution in [-0.4, -0.2) is 43.0 Å². The largest absolute Gasteiger partial charge is 0.382 e. The normalized spacial score (nSPS) is 19.3. The molecule has 1 saturated heterocycles. The second-order valence-corrected chi connectivity index (χ2v) is 10.0. The monoisotopic (exact) mass is 479 g/mol. The van der Waals surface area contributed by atoms with E-state index in [0.717, 1.165) is 48.9 Å². The fourth-order valence-corrected chi connectivity index (χ4v) is 5.92. The molecule has 0 aromatic carbocycles. The molecule has 1 atom stereocenters. The quantitative estimate of drug-likeness (QED) is 0.404. The fourth-order valence-electron chi connectivity index (χ4n) is 4.90. The van der Waals surface area contributed by atoms with E-state index < -0.39 is 0 Å². The molecule has 1 aliphatic heterocycles. The Labute approximate surface area is 199 Å².